The molecule has 1 amide bonds. The van der Waals surface area contributed by atoms with E-state index in [1.165, 1.54) is 10.9 Å². The molecule has 0 aliphatic rings. The Morgan fingerprint density at radius 2 is 2.00 bits per heavy atom. The normalized spacial score (nSPS) is 11.8. The van der Waals surface area contributed by atoms with Crippen molar-refractivity contribution in [3.63, 3.8) is 0 Å². The zero-order valence-corrected chi connectivity index (χ0v) is 12.7. The first-order valence-corrected chi connectivity index (χ1v) is 6.93. The maximum absolute atomic E-state index is 11.5. The van der Waals surface area contributed by atoms with Gasteiger partial charge in [0.1, 0.15) is 6.54 Å². The van der Waals surface area contributed by atoms with Crippen LogP contribution in [0.3, 0.4) is 0 Å². The molecule has 0 radical (unpaired) electrons. The zero-order chi connectivity index (χ0) is 14.8. The van der Waals surface area contributed by atoms with Crippen molar-refractivity contribution in [2.45, 2.75) is 39.4 Å². The van der Waals surface area contributed by atoms with Gasteiger partial charge in [0.05, 0.1) is 0 Å². The van der Waals surface area contributed by atoms with E-state index >= 15 is 0 Å². The van der Waals surface area contributed by atoms with Crippen LogP contribution >= 0.6 is 0 Å². The van der Waals surface area contributed by atoms with Gasteiger partial charge in [-0.3, -0.25) is 4.79 Å². The number of amides is 1. The van der Waals surface area contributed by atoms with Crippen molar-refractivity contribution in [2.75, 3.05) is 7.05 Å². The molecular weight excluding hydrogens is 250 g/mol. The fraction of sp³-hybridized carbons (Fsp3) is 0.438. The average molecular weight is 273 g/mol. The monoisotopic (exact) mass is 273 g/mol. The second kappa shape index (κ2) is 5.67. The highest BCUT2D eigenvalue weighted by Gasteiger charge is 2.11. The van der Waals surface area contributed by atoms with E-state index in [1.54, 1.807) is 7.05 Å². The highest BCUT2D eigenvalue weighted by Crippen LogP contribution is 2.21. The van der Waals surface area contributed by atoms with Crippen LogP contribution in [0, 0.1) is 0 Å². The minimum atomic E-state index is 0.0146. The molecule has 0 aliphatic heterocycles. The van der Waals surface area contributed by atoms with E-state index in [1.807, 2.05) is 16.8 Å². The first-order valence-electron chi connectivity index (χ1n) is 6.93. The van der Waals surface area contributed by atoms with Gasteiger partial charge < -0.3 is 15.2 Å². The second-order valence-electron chi connectivity index (χ2n) is 6.07. The summed E-state index contributed by atoms with van der Waals surface area (Å²) in [6.45, 7) is 7.65. The third-order valence-corrected chi connectivity index (χ3v) is 3.31. The maximum Gasteiger partial charge on any atom is 0.239 e. The van der Waals surface area contributed by atoms with Gasteiger partial charge in [-0.05, 0) is 38.5 Å². The van der Waals surface area contributed by atoms with Crippen molar-refractivity contribution in [1.29, 1.82) is 0 Å². The summed E-state index contributed by atoms with van der Waals surface area (Å²) in [6.07, 6.45) is 1.97. The molecule has 108 valence electrons. The fourth-order valence-corrected chi connectivity index (χ4v) is 2.17. The molecule has 1 aromatic carbocycles. The minimum Gasteiger partial charge on any atom is -0.358 e. The molecule has 0 fully saturated rings. The van der Waals surface area contributed by atoms with Crippen LogP contribution in [-0.2, 0) is 17.9 Å². The first-order chi connectivity index (χ1) is 9.40. The highest BCUT2D eigenvalue weighted by molar-refractivity contribution is 5.85. The molecule has 0 saturated heterocycles. The van der Waals surface area contributed by atoms with Crippen LogP contribution in [0.1, 0.15) is 26.3 Å². The third-order valence-electron chi connectivity index (χ3n) is 3.31. The average Bonchev–Trinajstić information content (AvgIpc) is 2.79. The highest BCUT2D eigenvalue weighted by atomic mass is 16.1. The zero-order valence-electron chi connectivity index (χ0n) is 12.7. The quantitative estimate of drug-likeness (QED) is 0.897. The van der Waals surface area contributed by atoms with Crippen LogP contribution in [0.2, 0.25) is 0 Å². The summed E-state index contributed by atoms with van der Waals surface area (Å²) < 4.78 is 1.98. The Morgan fingerprint density at radius 3 is 2.65 bits per heavy atom. The lowest BCUT2D eigenvalue weighted by Gasteiger charge is -2.20. The number of aromatic nitrogens is 1. The Kier molecular flexibility index (Phi) is 4.14. The van der Waals surface area contributed by atoms with Gasteiger partial charge in [0.2, 0.25) is 5.91 Å². The molecule has 2 aromatic rings. The number of likely N-dealkylation sites (N-methyl/N-ethyl adjacent to an activating group) is 1. The van der Waals surface area contributed by atoms with Crippen LogP contribution in [-0.4, -0.2) is 23.1 Å². The van der Waals surface area contributed by atoms with Crippen molar-refractivity contribution < 1.29 is 4.79 Å². The van der Waals surface area contributed by atoms with Gasteiger partial charge in [-0.15, -0.1) is 0 Å². The lowest BCUT2D eigenvalue weighted by Crippen LogP contribution is -2.35. The van der Waals surface area contributed by atoms with Crippen LogP contribution in [0.5, 0.6) is 0 Å². The van der Waals surface area contributed by atoms with E-state index in [2.05, 4.69) is 49.6 Å². The van der Waals surface area contributed by atoms with Crippen LogP contribution in [0.4, 0.5) is 0 Å². The number of fused-ring (bicyclic) bond motifs is 1. The summed E-state index contributed by atoms with van der Waals surface area (Å²) in [5.74, 6) is 0.0146. The van der Waals surface area contributed by atoms with Crippen molar-refractivity contribution in [3.8, 4) is 0 Å². The number of nitrogens with one attached hydrogen (secondary N) is 2. The Bertz CT molecular complexity index is 608. The van der Waals surface area contributed by atoms with E-state index in [0.29, 0.717) is 6.54 Å². The topological polar surface area (TPSA) is 46.1 Å². The minimum absolute atomic E-state index is 0.0146. The summed E-state index contributed by atoms with van der Waals surface area (Å²) in [5, 5.41) is 7.36. The molecule has 0 atom stereocenters. The number of rotatable bonds is 4. The second-order valence-corrected chi connectivity index (χ2v) is 6.07. The van der Waals surface area contributed by atoms with Gasteiger partial charge in [-0.25, -0.2) is 0 Å². The Balaban J connectivity index is 2.28. The molecule has 2 rings (SSSR count). The Morgan fingerprint density at radius 1 is 1.25 bits per heavy atom. The SMILES string of the molecule is CNC(=O)Cn1ccc2c(CNC(C)(C)C)cccc21. The molecule has 0 saturated carbocycles. The lowest BCUT2D eigenvalue weighted by atomic mass is 10.1. The van der Waals surface area contributed by atoms with Crippen LogP contribution < -0.4 is 10.6 Å². The predicted octanol–water partition coefficient (Wildman–Crippen LogP) is 2.28. The fourth-order valence-electron chi connectivity index (χ4n) is 2.17. The number of nitrogens with zero attached hydrogens (tertiary/aromatic N) is 1. The number of carbonyl (C=O) groups excluding carboxylic acids is 1. The van der Waals surface area contributed by atoms with E-state index in [-0.39, 0.29) is 11.4 Å². The smallest absolute Gasteiger partial charge is 0.239 e. The Hall–Kier alpha value is -1.81. The molecular formula is C16H23N3O. The summed E-state index contributed by atoms with van der Waals surface area (Å²) in [7, 11) is 1.66. The first kappa shape index (κ1) is 14.6. The van der Waals surface area contributed by atoms with Gasteiger partial charge in [-0.1, -0.05) is 12.1 Å². The summed E-state index contributed by atoms with van der Waals surface area (Å²) >= 11 is 0. The van der Waals surface area contributed by atoms with Crippen LogP contribution in [0.25, 0.3) is 10.9 Å². The molecule has 0 spiro atoms. The van der Waals surface area contributed by atoms with Crippen molar-refractivity contribution in [3.05, 3.63) is 36.0 Å². The van der Waals surface area contributed by atoms with Gasteiger partial charge >= 0.3 is 0 Å². The number of benzene rings is 1. The van der Waals surface area contributed by atoms with Crippen molar-refractivity contribution in [1.82, 2.24) is 15.2 Å². The molecule has 0 unspecified atom stereocenters. The van der Waals surface area contributed by atoms with E-state index < -0.39 is 0 Å². The number of hydrogen-bond acceptors (Lipinski definition) is 2. The van der Waals surface area contributed by atoms with Gasteiger partial charge in [0.25, 0.3) is 0 Å². The molecule has 1 aromatic heterocycles. The molecule has 20 heavy (non-hydrogen) atoms. The Labute approximate surface area is 120 Å². The summed E-state index contributed by atoms with van der Waals surface area (Å²) in [5.41, 5.74) is 2.45. The van der Waals surface area contributed by atoms with E-state index in [9.17, 15) is 4.79 Å². The third kappa shape index (κ3) is 3.39. The molecule has 2 N–H and O–H groups in total. The molecule has 4 heteroatoms. The molecule has 1 heterocycles. The summed E-state index contributed by atoms with van der Waals surface area (Å²) in [4.78, 5) is 11.5. The molecule has 0 bridgehead atoms. The van der Waals surface area contributed by atoms with Gasteiger partial charge in [0, 0.05) is 36.2 Å². The van der Waals surface area contributed by atoms with E-state index in [4.69, 9.17) is 0 Å². The largest absolute Gasteiger partial charge is 0.358 e. The molecule has 4 nitrogen and oxygen atoms in total. The van der Waals surface area contributed by atoms with Gasteiger partial charge in [-0.2, -0.15) is 0 Å². The standard InChI is InChI=1S/C16H23N3O/c1-16(2,3)18-10-12-6-5-7-14-13(12)8-9-19(14)11-15(20)17-4/h5-9,18H,10-11H2,1-4H3,(H,17,20). The van der Waals surface area contributed by atoms with Gasteiger partial charge in [0.15, 0.2) is 0 Å². The van der Waals surface area contributed by atoms with Crippen molar-refractivity contribution >= 4 is 16.8 Å². The maximum atomic E-state index is 11.5. The van der Waals surface area contributed by atoms with Crippen LogP contribution in [0.15, 0.2) is 30.5 Å². The number of hydrogen-bond donors (Lipinski definition) is 2. The van der Waals surface area contributed by atoms with E-state index in [0.717, 1.165) is 12.1 Å². The summed E-state index contributed by atoms with van der Waals surface area (Å²) in [6, 6.07) is 8.31. The van der Waals surface area contributed by atoms with Crippen molar-refractivity contribution in [2.24, 2.45) is 0 Å². The number of carbonyl (C=O) groups is 1. The predicted molar refractivity (Wildman–Crippen MR) is 82.6 cm³/mol. The lowest BCUT2D eigenvalue weighted by molar-refractivity contribution is -0.121. The molecule has 0 aliphatic carbocycles.